The molecule has 2 aromatic heterocycles. The standard InChI is InChI=1S/C17H14F3N5O2/c1-10(25-15(26)7-6-14(24-25)17(18,19)20)16(27)22-12-4-2-11(3-5-12)13-8-9-21-23-13/h2-10H,1H3,(H,21,23)(H,22,27). The number of carbonyl (C=O) groups is 1. The first-order valence-corrected chi connectivity index (χ1v) is 7.83. The van der Waals surface area contributed by atoms with Crippen LogP contribution < -0.4 is 10.9 Å². The van der Waals surface area contributed by atoms with Gasteiger partial charge in [0.1, 0.15) is 6.04 Å². The molecule has 0 saturated heterocycles. The predicted octanol–water partition coefficient (Wildman–Crippen LogP) is 2.85. The van der Waals surface area contributed by atoms with Crippen LogP contribution in [0.2, 0.25) is 0 Å². The van der Waals surface area contributed by atoms with Crippen molar-refractivity contribution >= 4 is 11.6 Å². The summed E-state index contributed by atoms with van der Waals surface area (Å²) in [6, 6.07) is 8.60. The van der Waals surface area contributed by atoms with Crippen molar-refractivity contribution in [2.24, 2.45) is 0 Å². The maximum absolute atomic E-state index is 12.8. The van der Waals surface area contributed by atoms with Gasteiger partial charge < -0.3 is 5.32 Å². The molecule has 2 heterocycles. The largest absolute Gasteiger partial charge is 0.435 e. The van der Waals surface area contributed by atoms with Crippen LogP contribution in [0.25, 0.3) is 11.3 Å². The van der Waals surface area contributed by atoms with E-state index in [0.717, 1.165) is 17.3 Å². The fourth-order valence-corrected chi connectivity index (χ4v) is 2.36. The third-order valence-corrected chi connectivity index (χ3v) is 3.83. The molecule has 2 N–H and O–H groups in total. The number of amides is 1. The smallest absolute Gasteiger partial charge is 0.324 e. The summed E-state index contributed by atoms with van der Waals surface area (Å²) in [5.74, 6) is -0.668. The minimum Gasteiger partial charge on any atom is -0.324 e. The molecule has 0 spiro atoms. The molecule has 1 amide bonds. The topological polar surface area (TPSA) is 92.7 Å². The monoisotopic (exact) mass is 377 g/mol. The number of halogens is 3. The minimum absolute atomic E-state index is 0.426. The van der Waals surface area contributed by atoms with Crippen LogP contribution >= 0.6 is 0 Å². The summed E-state index contributed by atoms with van der Waals surface area (Å²) in [6.07, 6.45) is -3.11. The maximum Gasteiger partial charge on any atom is 0.435 e. The van der Waals surface area contributed by atoms with E-state index in [1.165, 1.54) is 6.92 Å². The van der Waals surface area contributed by atoms with Gasteiger partial charge in [0.25, 0.3) is 5.56 Å². The molecule has 1 aromatic carbocycles. The van der Waals surface area contributed by atoms with Crippen molar-refractivity contribution in [1.29, 1.82) is 0 Å². The van der Waals surface area contributed by atoms with E-state index >= 15 is 0 Å². The predicted molar refractivity (Wildman–Crippen MR) is 90.9 cm³/mol. The molecule has 0 radical (unpaired) electrons. The number of benzene rings is 1. The van der Waals surface area contributed by atoms with E-state index in [4.69, 9.17) is 0 Å². The molecule has 0 aliphatic carbocycles. The summed E-state index contributed by atoms with van der Waals surface area (Å²) < 4.78 is 38.9. The van der Waals surface area contributed by atoms with E-state index in [1.807, 2.05) is 0 Å². The number of anilines is 1. The fraction of sp³-hybridized carbons (Fsp3) is 0.176. The quantitative estimate of drug-likeness (QED) is 0.731. The van der Waals surface area contributed by atoms with Gasteiger partial charge in [0.05, 0.1) is 5.69 Å². The van der Waals surface area contributed by atoms with Crippen molar-refractivity contribution in [1.82, 2.24) is 20.0 Å². The molecule has 7 nitrogen and oxygen atoms in total. The van der Waals surface area contributed by atoms with Crippen molar-refractivity contribution in [2.45, 2.75) is 19.1 Å². The van der Waals surface area contributed by atoms with Crippen LogP contribution in [0.5, 0.6) is 0 Å². The van der Waals surface area contributed by atoms with Crippen LogP contribution in [0, 0.1) is 0 Å². The number of hydrogen-bond donors (Lipinski definition) is 2. The summed E-state index contributed by atoms with van der Waals surface area (Å²) in [6.45, 7) is 1.29. The Balaban J connectivity index is 1.77. The Bertz CT molecular complexity index is 995. The summed E-state index contributed by atoms with van der Waals surface area (Å²) in [5, 5.41) is 12.5. The fourth-order valence-electron chi connectivity index (χ4n) is 2.36. The molecule has 0 fully saturated rings. The highest BCUT2D eigenvalue weighted by atomic mass is 19.4. The Kier molecular flexibility index (Phi) is 4.80. The van der Waals surface area contributed by atoms with Crippen LogP contribution in [-0.4, -0.2) is 25.9 Å². The van der Waals surface area contributed by atoms with Crippen molar-refractivity contribution < 1.29 is 18.0 Å². The van der Waals surface area contributed by atoms with Crippen molar-refractivity contribution in [3.05, 3.63) is 64.7 Å². The van der Waals surface area contributed by atoms with Crippen LogP contribution in [0.3, 0.4) is 0 Å². The zero-order valence-corrected chi connectivity index (χ0v) is 14.0. The second kappa shape index (κ2) is 7.06. The lowest BCUT2D eigenvalue weighted by Crippen LogP contribution is -2.34. The second-order valence-corrected chi connectivity index (χ2v) is 5.71. The van der Waals surface area contributed by atoms with Gasteiger partial charge in [-0.25, -0.2) is 4.68 Å². The average Bonchev–Trinajstić information content (AvgIpc) is 3.16. The van der Waals surface area contributed by atoms with Gasteiger partial charge >= 0.3 is 6.18 Å². The number of aromatic amines is 1. The van der Waals surface area contributed by atoms with Crippen LogP contribution in [0.1, 0.15) is 18.7 Å². The Labute approximate surface area is 150 Å². The van der Waals surface area contributed by atoms with Crippen LogP contribution in [0.4, 0.5) is 18.9 Å². The molecular weight excluding hydrogens is 363 g/mol. The number of H-pyrrole nitrogens is 1. The van der Waals surface area contributed by atoms with Crippen molar-refractivity contribution in [3.63, 3.8) is 0 Å². The number of nitrogens with one attached hydrogen (secondary N) is 2. The SMILES string of the molecule is CC(C(=O)Nc1ccc(-c2ccn[nH]2)cc1)n1nc(C(F)(F)F)ccc1=O. The van der Waals surface area contributed by atoms with E-state index in [1.54, 1.807) is 36.5 Å². The molecular formula is C17H14F3N5O2. The van der Waals surface area contributed by atoms with Gasteiger partial charge in [-0.3, -0.25) is 14.7 Å². The molecule has 1 atom stereocenters. The van der Waals surface area contributed by atoms with Gasteiger partial charge in [0.2, 0.25) is 5.91 Å². The highest BCUT2D eigenvalue weighted by molar-refractivity contribution is 5.93. The Morgan fingerprint density at radius 1 is 1.15 bits per heavy atom. The molecule has 0 aliphatic rings. The van der Waals surface area contributed by atoms with Gasteiger partial charge in [0, 0.05) is 18.0 Å². The van der Waals surface area contributed by atoms with E-state index in [0.29, 0.717) is 16.4 Å². The lowest BCUT2D eigenvalue weighted by atomic mass is 10.1. The van der Waals surface area contributed by atoms with E-state index < -0.39 is 29.4 Å². The number of carbonyl (C=O) groups excluding carboxylic acids is 1. The summed E-state index contributed by atoms with van der Waals surface area (Å²) in [4.78, 5) is 24.1. The third kappa shape index (κ3) is 4.05. The number of hydrogen-bond acceptors (Lipinski definition) is 4. The first kappa shape index (κ1) is 18.4. The van der Waals surface area contributed by atoms with E-state index in [2.05, 4.69) is 20.6 Å². The molecule has 10 heteroatoms. The average molecular weight is 377 g/mol. The lowest BCUT2D eigenvalue weighted by molar-refractivity contribution is -0.142. The normalized spacial score (nSPS) is 12.6. The van der Waals surface area contributed by atoms with Gasteiger partial charge in [-0.05, 0) is 36.8 Å². The Hall–Kier alpha value is -3.43. The van der Waals surface area contributed by atoms with Crippen molar-refractivity contribution in [2.75, 3.05) is 5.32 Å². The number of alkyl halides is 3. The summed E-state index contributed by atoms with van der Waals surface area (Å²) >= 11 is 0. The first-order chi connectivity index (χ1) is 12.8. The Morgan fingerprint density at radius 2 is 1.85 bits per heavy atom. The molecule has 0 bridgehead atoms. The highest BCUT2D eigenvalue weighted by Gasteiger charge is 2.34. The van der Waals surface area contributed by atoms with Gasteiger partial charge in [-0.1, -0.05) is 12.1 Å². The first-order valence-electron chi connectivity index (χ1n) is 7.83. The number of nitrogens with zero attached hydrogens (tertiary/aromatic N) is 3. The molecule has 1 unspecified atom stereocenters. The van der Waals surface area contributed by atoms with Crippen LogP contribution in [0.15, 0.2) is 53.5 Å². The zero-order valence-electron chi connectivity index (χ0n) is 14.0. The molecule has 0 aliphatic heterocycles. The molecule has 3 aromatic rings. The second-order valence-electron chi connectivity index (χ2n) is 5.71. The molecule has 27 heavy (non-hydrogen) atoms. The summed E-state index contributed by atoms with van der Waals surface area (Å²) in [7, 11) is 0. The van der Waals surface area contributed by atoms with Gasteiger partial charge in [-0.15, -0.1) is 0 Å². The van der Waals surface area contributed by atoms with Crippen LogP contribution in [-0.2, 0) is 11.0 Å². The maximum atomic E-state index is 12.8. The lowest BCUT2D eigenvalue weighted by Gasteiger charge is -2.15. The summed E-state index contributed by atoms with van der Waals surface area (Å²) in [5.41, 5.74) is 0.0105. The minimum atomic E-state index is -4.71. The van der Waals surface area contributed by atoms with E-state index in [-0.39, 0.29) is 0 Å². The van der Waals surface area contributed by atoms with E-state index in [9.17, 15) is 22.8 Å². The molecule has 3 rings (SSSR count). The molecule has 140 valence electrons. The number of rotatable bonds is 4. The zero-order chi connectivity index (χ0) is 19.6. The van der Waals surface area contributed by atoms with Gasteiger partial charge in [-0.2, -0.15) is 23.4 Å². The molecule has 0 saturated carbocycles. The van der Waals surface area contributed by atoms with Crippen molar-refractivity contribution in [3.8, 4) is 11.3 Å². The third-order valence-electron chi connectivity index (χ3n) is 3.83. The highest BCUT2D eigenvalue weighted by Crippen LogP contribution is 2.26. The number of aromatic nitrogens is 4. The van der Waals surface area contributed by atoms with Gasteiger partial charge in [0.15, 0.2) is 5.69 Å². The Morgan fingerprint density at radius 3 is 2.44 bits per heavy atom.